The molecule has 0 radical (unpaired) electrons. The van der Waals surface area contributed by atoms with Gasteiger partial charge in [-0.05, 0) is 45.4 Å². The number of piperidine rings is 1. The van der Waals surface area contributed by atoms with E-state index in [9.17, 15) is 9.59 Å². The number of hydrogen-bond donors (Lipinski definition) is 0. The number of esters is 1. The molecule has 0 aromatic heterocycles. The van der Waals surface area contributed by atoms with Crippen molar-refractivity contribution in [3.8, 4) is 0 Å². The molecule has 0 aromatic carbocycles. The number of nitrogens with zero attached hydrogens (tertiary/aromatic N) is 1. The number of amides is 1. The van der Waals surface area contributed by atoms with Crippen LogP contribution in [0.15, 0.2) is 0 Å². The second-order valence-corrected chi connectivity index (χ2v) is 6.78. The maximum atomic E-state index is 12.2. The number of carbonyl (C=O) groups is 2. The molecule has 0 N–H and O–H groups in total. The Morgan fingerprint density at radius 2 is 1.62 bits per heavy atom. The molecule has 1 amide bonds. The highest BCUT2D eigenvalue weighted by atomic mass is 16.5. The molecule has 1 saturated heterocycles. The average molecular weight is 295 g/mol. The largest absolute Gasteiger partial charge is 0.456 e. The fourth-order valence-corrected chi connectivity index (χ4v) is 3.82. The van der Waals surface area contributed by atoms with Gasteiger partial charge in [-0.3, -0.25) is 9.59 Å². The third-order valence-corrected chi connectivity index (χ3v) is 5.07. The molecule has 0 unspecified atom stereocenters. The third kappa shape index (κ3) is 4.72. The van der Waals surface area contributed by atoms with Crippen LogP contribution in [0.3, 0.4) is 0 Å². The predicted octanol–water partition coefficient (Wildman–Crippen LogP) is 3.29. The van der Waals surface area contributed by atoms with Crippen molar-refractivity contribution in [3.63, 3.8) is 0 Å². The van der Waals surface area contributed by atoms with Gasteiger partial charge in [0.2, 0.25) is 0 Å². The van der Waals surface area contributed by atoms with Crippen molar-refractivity contribution in [2.45, 2.75) is 83.7 Å². The summed E-state index contributed by atoms with van der Waals surface area (Å²) in [6, 6.07) is 0.525. The fourth-order valence-electron chi connectivity index (χ4n) is 3.82. The maximum absolute atomic E-state index is 12.2. The van der Waals surface area contributed by atoms with Crippen LogP contribution in [0.25, 0.3) is 0 Å². The first-order valence-corrected chi connectivity index (χ1v) is 8.54. The summed E-state index contributed by atoms with van der Waals surface area (Å²) >= 11 is 0. The highest BCUT2D eigenvalue weighted by Gasteiger charge is 2.29. The lowest BCUT2D eigenvalue weighted by Crippen LogP contribution is -2.49. The summed E-state index contributed by atoms with van der Waals surface area (Å²) in [6.07, 6.45) is 9.73. The van der Waals surface area contributed by atoms with Crippen LogP contribution < -0.4 is 0 Å². The van der Waals surface area contributed by atoms with Crippen molar-refractivity contribution < 1.29 is 14.3 Å². The Kier molecular flexibility index (Phi) is 6.07. The van der Waals surface area contributed by atoms with Gasteiger partial charge in [0.25, 0.3) is 5.91 Å². The van der Waals surface area contributed by atoms with Gasteiger partial charge in [0.05, 0.1) is 0 Å². The van der Waals surface area contributed by atoms with Gasteiger partial charge in [0.15, 0.2) is 6.61 Å². The van der Waals surface area contributed by atoms with Crippen molar-refractivity contribution >= 4 is 11.9 Å². The van der Waals surface area contributed by atoms with Gasteiger partial charge in [-0.15, -0.1) is 0 Å². The zero-order valence-electron chi connectivity index (χ0n) is 13.5. The SMILES string of the molecule is C[C@H]1CCC[C@H](C)N1C(=O)COC(=O)CCC1CCCC1. The van der Waals surface area contributed by atoms with Crippen molar-refractivity contribution in [2.24, 2.45) is 5.92 Å². The van der Waals surface area contributed by atoms with Crippen LogP contribution in [-0.2, 0) is 14.3 Å². The Bertz CT molecular complexity index is 353. The van der Waals surface area contributed by atoms with E-state index in [0.717, 1.165) is 19.3 Å². The monoisotopic (exact) mass is 295 g/mol. The van der Waals surface area contributed by atoms with E-state index in [1.54, 1.807) is 0 Å². The Balaban J connectivity index is 1.68. The highest BCUT2D eigenvalue weighted by molar-refractivity contribution is 5.81. The van der Waals surface area contributed by atoms with Crippen molar-refractivity contribution in [1.82, 2.24) is 4.90 Å². The Morgan fingerprint density at radius 1 is 1.00 bits per heavy atom. The first-order chi connectivity index (χ1) is 10.1. The van der Waals surface area contributed by atoms with Crippen molar-refractivity contribution in [3.05, 3.63) is 0 Å². The number of likely N-dealkylation sites (tertiary alicyclic amines) is 1. The van der Waals surface area contributed by atoms with E-state index in [1.807, 2.05) is 4.90 Å². The molecule has 1 aliphatic carbocycles. The molecule has 4 nitrogen and oxygen atoms in total. The minimum absolute atomic E-state index is 0.0380. The summed E-state index contributed by atoms with van der Waals surface area (Å²) in [5.74, 6) is 0.437. The minimum atomic E-state index is -0.215. The van der Waals surface area contributed by atoms with Gasteiger partial charge < -0.3 is 9.64 Å². The zero-order chi connectivity index (χ0) is 15.2. The lowest BCUT2D eigenvalue weighted by Gasteiger charge is -2.38. The first-order valence-electron chi connectivity index (χ1n) is 8.54. The molecule has 2 aliphatic rings. The predicted molar refractivity (Wildman–Crippen MR) is 81.8 cm³/mol. The normalized spacial score (nSPS) is 26.9. The standard InChI is InChI=1S/C17H29NO3/c1-13-6-5-7-14(2)18(13)16(19)12-21-17(20)11-10-15-8-3-4-9-15/h13-15H,3-12H2,1-2H3/t13-,14-/m0/s1. The van der Waals surface area contributed by atoms with E-state index >= 15 is 0 Å². The molecule has 2 fully saturated rings. The van der Waals surface area contributed by atoms with E-state index in [2.05, 4.69) is 13.8 Å². The van der Waals surface area contributed by atoms with Gasteiger partial charge in [-0.2, -0.15) is 0 Å². The molecule has 0 aromatic rings. The third-order valence-electron chi connectivity index (χ3n) is 5.07. The van der Waals surface area contributed by atoms with Crippen LogP contribution in [0, 0.1) is 5.92 Å². The summed E-state index contributed by atoms with van der Waals surface area (Å²) in [5, 5.41) is 0. The van der Waals surface area contributed by atoms with Crippen LogP contribution in [-0.4, -0.2) is 35.5 Å². The molecule has 0 spiro atoms. The molecule has 4 heteroatoms. The number of rotatable bonds is 5. The van der Waals surface area contributed by atoms with Gasteiger partial charge in [0.1, 0.15) is 0 Å². The van der Waals surface area contributed by atoms with Gasteiger partial charge in [-0.1, -0.05) is 25.7 Å². The van der Waals surface area contributed by atoms with Crippen LogP contribution in [0.1, 0.15) is 71.6 Å². The summed E-state index contributed by atoms with van der Waals surface area (Å²) in [5.41, 5.74) is 0. The second-order valence-electron chi connectivity index (χ2n) is 6.78. The summed E-state index contributed by atoms with van der Waals surface area (Å²) in [6.45, 7) is 4.07. The lowest BCUT2D eigenvalue weighted by atomic mass is 9.97. The highest BCUT2D eigenvalue weighted by Crippen LogP contribution is 2.28. The molecule has 1 aliphatic heterocycles. The molecular formula is C17H29NO3. The lowest BCUT2D eigenvalue weighted by molar-refractivity contribution is -0.155. The topological polar surface area (TPSA) is 46.6 Å². The first kappa shape index (κ1) is 16.3. The number of carbonyl (C=O) groups excluding carboxylic acids is 2. The molecule has 1 saturated carbocycles. The van der Waals surface area contributed by atoms with Crippen LogP contribution in [0.5, 0.6) is 0 Å². The Morgan fingerprint density at radius 3 is 2.24 bits per heavy atom. The summed E-state index contributed by atoms with van der Waals surface area (Å²) < 4.78 is 5.18. The van der Waals surface area contributed by atoms with Crippen LogP contribution >= 0.6 is 0 Å². The van der Waals surface area contributed by atoms with E-state index in [-0.39, 0.29) is 30.6 Å². The average Bonchev–Trinajstić information content (AvgIpc) is 2.96. The molecular weight excluding hydrogens is 266 g/mol. The van der Waals surface area contributed by atoms with E-state index in [4.69, 9.17) is 4.74 Å². The van der Waals surface area contributed by atoms with E-state index < -0.39 is 0 Å². The molecule has 1 heterocycles. The van der Waals surface area contributed by atoms with Gasteiger partial charge in [0, 0.05) is 18.5 Å². The fraction of sp³-hybridized carbons (Fsp3) is 0.882. The van der Waals surface area contributed by atoms with E-state index in [1.165, 1.54) is 32.1 Å². The molecule has 2 rings (SSSR count). The smallest absolute Gasteiger partial charge is 0.306 e. The molecule has 0 bridgehead atoms. The van der Waals surface area contributed by atoms with E-state index in [0.29, 0.717) is 12.3 Å². The van der Waals surface area contributed by atoms with Crippen LogP contribution in [0.2, 0.25) is 0 Å². The van der Waals surface area contributed by atoms with Gasteiger partial charge >= 0.3 is 5.97 Å². The number of hydrogen-bond acceptors (Lipinski definition) is 3. The summed E-state index contributed by atoms with van der Waals surface area (Å²) in [4.78, 5) is 25.9. The molecule has 21 heavy (non-hydrogen) atoms. The van der Waals surface area contributed by atoms with Crippen molar-refractivity contribution in [1.29, 1.82) is 0 Å². The molecule has 2 atom stereocenters. The quantitative estimate of drug-likeness (QED) is 0.731. The van der Waals surface area contributed by atoms with Crippen molar-refractivity contribution in [2.75, 3.05) is 6.61 Å². The second kappa shape index (κ2) is 7.81. The minimum Gasteiger partial charge on any atom is -0.456 e. The van der Waals surface area contributed by atoms with Crippen LogP contribution in [0.4, 0.5) is 0 Å². The zero-order valence-corrected chi connectivity index (χ0v) is 13.5. The Hall–Kier alpha value is -1.06. The Labute approximate surface area is 128 Å². The maximum Gasteiger partial charge on any atom is 0.306 e. The summed E-state index contributed by atoms with van der Waals surface area (Å²) in [7, 11) is 0. The van der Waals surface area contributed by atoms with Gasteiger partial charge in [-0.25, -0.2) is 0 Å². The molecule has 120 valence electrons. The number of ether oxygens (including phenoxy) is 1.